The molecule has 3 aromatic rings. The molecule has 27 heavy (non-hydrogen) atoms. The fourth-order valence-electron chi connectivity index (χ4n) is 2.75. The van der Waals surface area contributed by atoms with Crippen molar-refractivity contribution in [1.82, 2.24) is 14.7 Å². The van der Waals surface area contributed by atoms with Crippen LogP contribution in [0, 0.1) is 6.92 Å². The first-order chi connectivity index (χ1) is 12.9. The van der Waals surface area contributed by atoms with Crippen molar-refractivity contribution in [3.63, 3.8) is 0 Å². The summed E-state index contributed by atoms with van der Waals surface area (Å²) in [7, 11) is 1.93. The first-order valence-corrected chi connectivity index (χ1v) is 9.18. The van der Waals surface area contributed by atoms with Crippen molar-refractivity contribution in [3.05, 3.63) is 77.1 Å². The summed E-state index contributed by atoms with van der Waals surface area (Å²) < 4.78 is 1.84. The van der Waals surface area contributed by atoms with Crippen LogP contribution in [0.3, 0.4) is 0 Å². The number of nitrogens with one attached hydrogen (secondary N) is 1. The number of carbonyl (C=O) groups is 1. The fourth-order valence-corrected chi connectivity index (χ4v) is 2.93. The lowest BCUT2D eigenvalue weighted by atomic mass is 10.2. The standard InChI is InChI=1S/C21H23ClN4O/c1-15-9-10-18(22)11-20(15)24-21(27)16(2)25(3)13-17-12-23-26(14-17)19-7-5-4-6-8-19/h4-12,14,16H,13H2,1-3H3,(H,24,27). The third kappa shape index (κ3) is 4.76. The van der Waals surface area contributed by atoms with Gasteiger partial charge in [-0.3, -0.25) is 9.69 Å². The number of carbonyl (C=O) groups excluding carboxylic acids is 1. The molecule has 5 nitrogen and oxygen atoms in total. The van der Waals surface area contributed by atoms with Crippen LogP contribution in [0.25, 0.3) is 5.69 Å². The Bertz CT molecular complexity index is 923. The molecule has 140 valence electrons. The van der Waals surface area contributed by atoms with Crippen molar-refractivity contribution in [2.24, 2.45) is 0 Å². The number of aryl methyl sites for hydroxylation is 1. The third-order valence-corrected chi connectivity index (χ3v) is 4.82. The molecule has 2 aromatic carbocycles. The minimum atomic E-state index is -0.302. The van der Waals surface area contributed by atoms with Gasteiger partial charge in [-0.15, -0.1) is 0 Å². The number of aromatic nitrogens is 2. The molecule has 1 aromatic heterocycles. The van der Waals surface area contributed by atoms with Gasteiger partial charge in [0.05, 0.1) is 17.9 Å². The van der Waals surface area contributed by atoms with Gasteiger partial charge >= 0.3 is 0 Å². The molecule has 0 aliphatic carbocycles. The Kier molecular flexibility index (Phi) is 5.94. The number of halogens is 1. The van der Waals surface area contributed by atoms with Gasteiger partial charge in [0.15, 0.2) is 0 Å². The summed E-state index contributed by atoms with van der Waals surface area (Å²) in [6.45, 7) is 4.45. The molecule has 3 rings (SSSR count). The smallest absolute Gasteiger partial charge is 0.241 e. The molecule has 1 heterocycles. The Hall–Kier alpha value is -2.63. The lowest BCUT2D eigenvalue weighted by Gasteiger charge is -2.23. The summed E-state index contributed by atoms with van der Waals surface area (Å²) in [5, 5.41) is 7.97. The molecule has 0 spiro atoms. The maximum Gasteiger partial charge on any atom is 0.241 e. The molecule has 0 bridgehead atoms. The zero-order chi connectivity index (χ0) is 19.4. The van der Waals surface area contributed by atoms with Crippen molar-refractivity contribution < 1.29 is 4.79 Å². The second kappa shape index (κ2) is 8.37. The number of anilines is 1. The molecule has 0 aliphatic rings. The predicted octanol–water partition coefficient (Wildman–Crippen LogP) is 4.29. The number of rotatable bonds is 6. The Morgan fingerprint density at radius 2 is 2.00 bits per heavy atom. The molecule has 0 radical (unpaired) electrons. The fraction of sp³-hybridized carbons (Fsp3) is 0.238. The minimum Gasteiger partial charge on any atom is -0.324 e. The molecule has 6 heteroatoms. The van der Waals surface area contributed by atoms with E-state index in [1.807, 2.05) is 85.3 Å². The van der Waals surface area contributed by atoms with Crippen molar-refractivity contribution in [2.45, 2.75) is 26.4 Å². The number of nitrogens with zero attached hydrogens (tertiary/aromatic N) is 3. The van der Waals surface area contributed by atoms with Gasteiger partial charge in [-0.1, -0.05) is 35.9 Å². The van der Waals surface area contributed by atoms with Gasteiger partial charge in [-0.2, -0.15) is 5.10 Å². The molecular weight excluding hydrogens is 360 g/mol. The van der Waals surface area contributed by atoms with Gasteiger partial charge in [-0.05, 0) is 50.7 Å². The summed E-state index contributed by atoms with van der Waals surface area (Å²) in [6, 6.07) is 15.1. The lowest BCUT2D eigenvalue weighted by molar-refractivity contribution is -0.120. The maximum atomic E-state index is 12.6. The lowest BCUT2D eigenvalue weighted by Crippen LogP contribution is -2.39. The quantitative estimate of drug-likeness (QED) is 0.691. The van der Waals surface area contributed by atoms with Crippen LogP contribution in [0.2, 0.25) is 5.02 Å². The Morgan fingerprint density at radius 3 is 2.74 bits per heavy atom. The van der Waals surface area contributed by atoms with E-state index < -0.39 is 0 Å². The molecule has 0 fully saturated rings. The maximum absolute atomic E-state index is 12.6. The highest BCUT2D eigenvalue weighted by Crippen LogP contribution is 2.21. The third-order valence-electron chi connectivity index (χ3n) is 4.59. The molecule has 0 saturated heterocycles. The van der Waals surface area contributed by atoms with E-state index >= 15 is 0 Å². The monoisotopic (exact) mass is 382 g/mol. The average molecular weight is 383 g/mol. The zero-order valence-corrected chi connectivity index (χ0v) is 16.4. The predicted molar refractivity (Wildman–Crippen MR) is 109 cm³/mol. The van der Waals surface area contributed by atoms with E-state index in [1.165, 1.54) is 0 Å². The van der Waals surface area contributed by atoms with Gasteiger partial charge in [0.2, 0.25) is 5.91 Å². The number of amides is 1. The van der Waals surface area contributed by atoms with Crippen LogP contribution >= 0.6 is 11.6 Å². The van der Waals surface area contributed by atoms with Crippen molar-refractivity contribution in [3.8, 4) is 5.69 Å². The van der Waals surface area contributed by atoms with Gasteiger partial charge in [0.25, 0.3) is 0 Å². The first kappa shape index (κ1) is 19.1. The molecule has 1 unspecified atom stereocenters. The van der Waals surface area contributed by atoms with E-state index in [0.29, 0.717) is 11.6 Å². The van der Waals surface area contributed by atoms with Crippen LogP contribution in [-0.4, -0.2) is 33.7 Å². The number of hydrogen-bond donors (Lipinski definition) is 1. The second-order valence-electron chi connectivity index (χ2n) is 6.67. The second-order valence-corrected chi connectivity index (χ2v) is 7.10. The topological polar surface area (TPSA) is 50.2 Å². The van der Waals surface area contributed by atoms with Crippen molar-refractivity contribution in [2.75, 3.05) is 12.4 Å². The summed E-state index contributed by atoms with van der Waals surface area (Å²) in [5.41, 5.74) is 3.77. The van der Waals surface area contributed by atoms with Crippen LogP contribution < -0.4 is 5.32 Å². The Labute approximate surface area is 164 Å². The van der Waals surface area contributed by atoms with E-state index in [2.05, 4.69) is 10.4 Å². The van der Waals surface area contributed by atoms with Crippen molar-refractivity contribution in [1.29, 1.82) is 0 Å². The van der Waals surface area contributed by atoms with Crippen LogP contribution in [0.15, 0.2) is 60.9 Å². The highest BCUT2D eigenvalue weighted by molar-refractivity contribution is 6.31. The highest BCUT2D eigenvalue weighted by atomic mass is 35.5. The largest absolute Gasteiger partial charge is 0.324 e. The number of hydrogen-bond acceptors (Lipinski definition) is 3. The first-order valence-electron chi connectivity index (χ1n) is 8.80. The zero-order valence-electron chi connectivity index (χ0n) is 15.7. The summed E-state index contributed by atoms with van der Waals surface area (Å²) in [5.74, 6) is -0.0710. The average Bonchev–Trinajstić information content (AvgIpc) is 3.13. The molecule has 0 saturated carbocycles. The molecular formula is C21H23ClN4O. The van der Waals surface area contributed by atoms with Crippen molar-refractivity contribution >= 4 is 23.2 Å². The number of para-hydroxylation sites is 1. The summed E-state index contributed by atoms with van der Waals surface area (Å²) in [6.07, 6.45) is 3.81. The summed E-state index contributed by atoms with van der Waals surface area (Å²) >= 11 is 6.03. The molecule has 1 amide bonds. The number of benzene rings is 2. The van der Waals surface area contributed by atoms with E-state index in [-0.39, 0.29) is 11.9 Å². The normalized spacial score (nSPS) is 12.2. The number of likely N-dealkylation sites (N-methyl/N-ethyl adjacent to an activating group) is 1. The van der Waals surface area contributed by atoms with E-state index in [0.717, 1.165) is 22.5 Å². The van der Waals surface area contributed by atoms with E-state index in [4.69, 9.17) is 11.6 Å². The molecule has 1 N–H and O–H groups in total. The molecule has 0 aliphatic heterocycles. The molecule has 1 atom stereocenters. The summed E-state index contributed by atoms with van der Waals surface area (Å²) in [4.78, 5) is 14.6. The van der Waals surface area contributed by atoms with E-state index in [9.17, 15) is 4.79 Å². The Morgan fingerprint density at radius 1 is 1.26 bits per heavy atom. The van der Waals surface area contributed by atoms with Crippen LogP contribution in [0.1, 0.15) is 18.1 Å². The van der Waals surface area contributed by atoms with Gasteiger partial charge in [0, 0.05) is 29.0 Å². The Balaban J connectivity index is 1.63. The van der Waals surface area contributed by atoms with Gasteiger partial charge < -0.3 is 5.32 Å². The highest BCUT2D eigenvalue weighted by Gasteiger charge is 2.19. The minimum absolute atomic E-state index is 0.0710. The SMILES string of the molecule is Cc1ccc(Cl)cc1NC(=O)C(C)N(C)Cc1cnn(-c2ccccc2)c1. The van der Waals surface area contributed by atoms with E-state index in [1.54, 1.807) is 6.07 Å². The van der Waals surface area contributed by atoms with Crippen LogP contribution in [0.4, 0.5) is 5.69 Å². The van der Waals surface area contributed by atoms with Gasteiger partial charge in [0.1, 0.15) is 0 Å². The van der Waals surface area contributed by atoms with Crippen LogP contribution in [0.5, 0.6) is 0 Å². The van der Waals surface area contributed by atoms with Gasteiger partial charge in [-0.25, -0.2) is 4.68 Å². The van der Waals surface area contributed by atoms with Crippen LogP contribution in [-0.2, 0) is 11.3 Å².